The third-order valence-corrected chi connectivity index (χ3v) is 3.95. The molecule has 2 heterocycles. The number of ether oxygens (including phenoxy) is 2. The molecule has 104 valence electrons. The summed E-state index contributed by atoms with van der Waals surface area (Å²) in [5.41, 5.74) is 0.918. The fourth-order valence-corrected chi connectivity index (χ4v) is 2.77. The topological polar surface area (TPSA) is 41.9 Å². The van der Waals surface area contributed by atoms with E-state index < -0.39 is 6.10 Å². The van der Waals surface area contributed by atoms with Crippen LogP contribution in [0.15, 0.2) is 18.2 Å². The first-order chi connectivity index (χ1) is 9.33. The van der Waals surface area contributed by atoms with Crippen LogP contribution in [0.2, 0.25) is 0 Å². The standard InChI is InChI=1S/C15H21NO3/c17-13(6-9-16-7-2-1-3-8-16)12-4-5-14-15(10-12)19-11-18-14/h4-5,10,13,17H,1-3,6-9,11H2/t13-/m0/s1. The Morgan fingerprint density at radius 2 is 1.89 bits per heavy atom. The molecule has 0 aromatic heterocycles. The highest BCUT2D eigenvalue weighted by Crippen LogP contribution is 2.34. The van der Waals surface area contributed by atoms with Crippen LogP contribution in [0.5, 0.6) is 11.5 Å². The molecule has 1 aromatic rings. The van der Waals surface area contributed by atoms with E-state index in [1.54, 1.807) is 0 Å². The van der Waals surface area contributed by atoms with E-state index in [1.165, 1.54) is 32.4 Å². The van der Waals surface area contributed by atoms with Crippen molar-refractivity contribution >= 4 is 0 Å². The minimum Gasteiger partial charge on any atom is -0.454 e. The van der Waals surface area contributed by atoms with Gasteiger partial charge in [0.15, 0.2) is 11.5 Å². The summed E-state index contributed by atoms with van der Waals surface area (Å²) in [6.45, 7) is 3.60. The second kappa shape index (κ2) is 5.80. The average molecular weight is 263 g/mol. The van der Waals surface area contributed by atoms with Gasteiger partial charge in [-0.1, -0.05) is 12.5 Å². The Morgan fingerprint density at radius 3 is 2.74 bits per heavy atom. The monoisotopic (exact) mass is 263 g/mol. The maximum absolute atomic E-state index is 10.3. The van der Waals surface area contributed by atoms with Crippen LogP contribution in [-0.2, 0) is 0 Å². The molecule has 4 heteroatoms. The minimum absolute atomic E-state index is 0.280. The highest BCUT2D eigenvalue weighted by Gasteiger charge is 2.17. The number of rotatable bonds is 4. The van der Waals surface area contributed by atoms with E-state index in [0.29, 0.717) is 0 Å². The van der Waals surface area contributed by atoms with Crippen molar-refractivity contribution in [3.8, 4) is 11.5 Å². The molecule has 0 unspecified atom stereocenters. The predicted octanol–water partition coefficient (Wildman–Crippen LogP) is 2.32. The predicted molar refractivity (Wildman–Crippen MR) is 72.4 cm³/mol. The van der Waals surface area contributed by atoms with E-state index in [-0.39, 0.29) is 6.79 Å². The molecule has 1 saturated heterocycles. The summed E-state index contributed by atoms with van der Waals surface area (Å²) >= 11 is 0. The van der Waals surface area contributed by atoms with E-state index in [1.807, 2.05) is 18.2 Å². The van der Waals surface area contributed by atoms with Crippen LogP contribution >= 0.6 is 0 Å². The third kappa shape index (κ3) is 3.01. The molecule has 0 amide bonds. The Kier molecular flexibility index (Phi) is 3.89. The zero-order valence-electron chi connectivity index (χ0n) is 11.2. The molecule has 1 fully saturated rings. The van der Waals surface area contributed by atoms with E-state index >= 15 is 0 Å². The van der Waals surface area contributed by atoms with Gasteiger partial charge in [-0.15, -0.1) is 0 Å². The lowest BCUT2D eigenvalue weighted by Gasteiger charge is -2.27. The summed E-state index contributed by atoms with van der Waals surface area (Å²) in [4.78, 5) is 2.44. The molecular formula is C15H21NO3. The number of aliphatic hydroxyl groups excluding tert-OH is 1. The lowest BCUT2D eigenvalue weighted by molar-refractivity contribution is 0.133. The van der Waals surface area contributed by atoms with Crippen molar-refractivity contribution in [1.29, 1.82) is 0 Å². The number of hydrogen-bond donors (Lipinski definition) is 1. The maximum atomic E-state index is 10.3. The summed E-state index contributed by atoms with van der Waals surface area (Å²) < 4.78 is 10.6. The zero-order valence-corrected chi connectivity index (χ0v) is 11.2. The summed E-state index contributed by atoms with van der Waals surface area (Å²) in [5.74, 6) is 1.52. The summed E-state index contributed by atoms with van der Waals surface area (Å²) in [5, 5.41) is 10.3. The molecule has 19 heavy (non-hydrogen) atoms. The van der Waals surface area contributed by atoms with Gasteiger partial charge in [0.2, 0.25) is 6.79 Å². The van der Waals surface area contributed by atoms with Crippen LogP contribution in [0.3, 0.4) is 0 Å². The molecule has 4 nitrogen and oxygen atoms in total. The van der Waals surface area contributed by atoms with Gasteiger partial charge >= 0.3 is 0 Å². The molecule has 0 radical (unpaired) electrons. The van der Waals surface area contributed by atoms with Gasteiger partial charge in [0, 0.05) is 6.54 Å². The zero-order chi connectivity index (χ0) is 13.1. The Labute approximate surface area is 113 Å². The fourth-order valence-electron chi connectivity index (χ4n) is 2.77. The lowest BCUT2D eigenvalue weighted by Crippen LogP contribution is -2.31. The first-order valence-corrected chi connectivity index (χ1v) is 7.13. The van der Waals surface area contributed by atoms with Gasteiger partial charge < -0.3 is 19.5 Å². The van der Waals surface area contributed by atoms with E-state index in [0.717, 1.165) is 30.0 Å². The first-order valence-electron chi connectivity index (χ1n) is 7.13. The Balaban J connectivity index is 1.56. The molecule has 1 aromatic carbocycles. The van der Waals surface area contributed by atoms with Crippen LogP contribution in [0.25, 0.3) is 0 Å². The SMILES string of the molecule is O[C@@H](CCN1CCCCC1)c1ccc2c(c1)OCO2. The molecule has 2 aliphatic rings. The van der Waals surface area contributed by atoms with Crippen LogP contribution in [0.1, 0.15) is 37.4 Å². The van der Waals surface area contributed by atoms with Gasteiger partial charge in [-0.3, -0.25) is 0 Å². The van der Waals surface area contributed by atoms with E-state index in [9.17, 15) is 5.11 Å². The number of likely N-dealkylation sites (tertiary alicyclic amines) is 1. The summed E-state index contributed by atoms with van der Waals surface area (Å²) in [6, 6.07) is 5.69. The lowest BCUT2D eigenvalue weighted by atomic mass is 10.0. The number of aliphatic hydroxyl groups is 1. The Hall–Kier alpha value is -1.26. The van der Waals surface area contributed by atoms with Gasteiger partial charge in [0.1, 0.15) is 0 Å². The summed E-state index contributed by atoms with van der Waals surface area (Å²) in [6.07, 6.45) is 4.29. The minimum atomic E-state index is -0.420. The molecule has 2 aliphatic heterocycles. The quantitative estimate of drug-likeness (QED) is 0.905. The highest BCUT2D eigenvalue weighted by atomic mass is 16.7. The Bertz CT molecular complexity index is 429. The second-order valence-electron chi connectivity index (χ2n) is 5.32. The van der Waals surface area contributed by atoms with Crippen molar-refractivity contribution in [3.05, 3.63) is 23.8 Å². The first kappa shape index (κ1) is 12.8. The van der Waals surface area contributed by atoms with Crippen molar-refractivity contribution in [1.82, 2.24) is 4.90 Å². The highest BCUT2D eigenvalue weighted by molar-refractivity contribution is 5.45. The third-order valence-electron chi connectivity index (χ3n) is 3.95. The van der Waals surface area contributed by atoms with Crippen molar-refractivity contribution in [2.45, 2.75) is 31.8 Å². The number of hydrogen-bond acceptors (Lipinski definition) is 4. The molecule has 0 spiro atoms. The molecule has 1 atom stereocenters. The van der Waals surface area contributed by atoms with Crippen molar-refractivity contribution < 1.29 is 14.6 Å². The number of benzene rings is 1. The van der Waals surface area contributed by atoms with Crippen molar-refractivity contribution in [2.24, 2.45) is 0 Å². The van der Waals surface area contributed by atoms with Gasteiger partial charge in [0.25, 0.3) is 0 Å². The van der Waals surface area contributed by atoms with Gasteiger partial charge in [0.05, 0.1) is 6.10 Å². The summed E-state index contributed by atoms with van der Waals surface area (Å²) in [7, 11) is 0. The number of fused-ring (bicyclic) bond motifs is 1. The average Bonchev–Trinajstić information content (AvgIpc) is 2.93. The maximum Gasteiger partial charge on any atom is 0.231 e. The van der Waals surface area contributed by atoms with Gasteiger partial charge in [-0.05, 0) is 50.0 Å². The van der Waals surface area contributed by atoms with Crippen LogP contribution in [-0.4, -0.2) is 36.4 Å². The second-order valence-corrected chi connectivity index (χ2v) is 5.32. The van der Waals surface area contributed by atoms with Crippen molar-refractivity contribution in [2.75, 3.05) is 26.4 Å². The fraction of sp³-hybridized carbons (Fsp3) is 0.600. The van der Waals surface area contributed by atoms with Gasteiger partial charge in [-0.25, -0.2) is 0 Å². The number of piperidine rings is 1. The van der Waals surface area contributed by atoms with E-state index in [2.05, 4.69) is 4.90 Å². The molecular weight excluding hydrogens is 242 g/mol. The van der Waals surface area contributed by atoms with Crippen LogP contribution in [0.4, 0.5) is 0 Å². The number of nitrogens with zero attached hydrogens (tertiary/aromatic N) is 1. The van der Waals surface area contributed by atoms with E-state index in [4.69, 9.17) is 9.47 Å². The van der Waals surface area contributed by atoms with Crippen LogP contribution < -0.4 is 9.47 Å². The smallest absolute Gasteiger partial charge is 0.231 e. The van der Waals surface area contributed by atoms with Gasteiger partial charge in [-0.2, -0.15) is 0 Å². The molecule has 0 saturated carbocycles. The molecule has 0 bridgehead atoms. The molecule has 0 aliphatic carbocycles. The van der Waals surface area contributed by atoms with Crippen LogP contribution in [0, 0.1) is 0 Å². The normalized spacial score (nSPS) is 20.5. The largest absolute Gasteiger partial charge is 0.454 e. The van der Waals surface area contributed by atoms with Crippen molar-refractivity contribution in [3.63, 3.8) is 0 Å². The molecule has 1 N–H and O–H groups in total. The Morgan fingerprint density at radius 1 is 1.11 bits per heavy atom. The molecule has 3 rings (SSSR count).